The third kappa shape index (κ3) is 8.41. The van der Waals surface area contributed by atoms with Crippen LogP contribution in [0.4, 0.5) is 13.2 Å². The highest BCUT2D eigenvalue weighted by atomic mass is 19.4. The molecule has 3 N–H and O–H groups in total. The highest BCUT2D eigenvalue weighted by Crippen LogP contribution is 2.34. The number of hydrogen-bond acceptors (Lipinski definition) is 4. The maximum absolute atomic E-state index is 13.7. The van der Waals surface area contributed by atoms with Crippen molar-refractivity contribution in [2.75, 3.05) is 13.1 Å². The van der Waals surface area contributed by atoms with Gasteiger partial charge in [0.2, 0.25) is 0 Å². The first-order valence-electron chi connectivity index (χ1n) is 15.5. The summed E-state index contributed by atoms with van der Waals surface area (Å²) in [5.41, 5.74) is 3.51. The second kappa shape index (κ2) is 14.7. The molecule has 0 aromatic heterocycles. The first-order chi connectivity index (χ1) is 22.1. The predicted molar refractivity (Wildman–Crippen MR) is 171 cm³/mol. The van der Waals surface area contributed by atoms with Crippen LogP contribution in [0.2, 0.25) is 0 Å². The van der Waals surface area contributed by atoms with Crippen molar-refractivity contribution in [3.8, 4) is 0 Å². The van der Waals surface area contributed by atoms with Gasteiger partial charge in [0.15, 0.2) is 0 Å². The minimum absolute atomic E-state index is 0.0290. The molecule has 9 heteroatoms. The van der Waals surface area contributed by atoms with Gasteiger partial charge in [0.25, 0.3) is 11.8 Å². The van der Waals surface area contributed by atoms with E-state index in [0.29, 0.717) is 29.7 Å². The molecule has 1 aliphatic rings. The molecular weight excluding hydrogens is 591 g/mol. The van der Waals surface area contributed by atoms with Crippen molar-refractivity contribution < 1.29 is 27.9 Å². The number of amides is 2. The maximum Gasteiger partial charge on any atom is 0.416 e. The number of aliphatic hydroxyl groups is 1. The third-order valence-corrected chi connectivity index (χ3v) is 8.33. The lowest BCUT2D eigenvalue weighted by Crippen LogP contribution is -2.48. The number of alkyl halides is 3. The minimum Gasteiger partial charge on any atom is -0.390 e. The number of rotatable bonds is 11. The average Bonchev–Trinajstić information content (AvgIpc) is 3.54. The molecule has 1 unspecified atom stereocenters. The van der Waals surface area contributed by atoms with E-state index >= 15 is 0 Å². The lowest BCUT2D eigenvalue weighted by Gasteiger charge is -2.26. The summed E-state index contributed by atoms with van der Waals surface area (Å²) in [7, 11) is 0. The highest BCUT2D eigenvalue weighted by molar-refractivity contribution is 6.00. The maximum atomic E-state index is 13.7. The summed E-state index contributed by atoms with van der Waals surface area (Å²) >= 11 is 0. The van der Waals surface area contributed by atoms with Crippen molar-refractivity contribution >= 4 is 11.8 Å². The Morgan fingerprint density at radius 3 is 2.37 bits per heavy atom. The van der Waals surface area contributed by atoms with Crippen molar-refractivity contribution in [1.29, 1.82) is 0 Å². The Kier molecular flexibility index (Phi) is 10.6. The number of carbonyl (C=O) groups excluding carboxylic acids is 2. The summed E-state index contributed by atoms with van der Waals surface area (Å²) in [4.78, 5) is 29.0. The summed E-state index contributed by atoms with van der Waals surface area (Å²) in [5.74, 6) is -0.581. The molecule has 0 spiro atoms. The fourth-order valence-corrected chi connectivity index (χ4v) is 5.96. The van der Waals surface area contributed by atoms with Gasteiger partial charge in [0.05, 0.1) is 23.8 Å². The summed E-state index contributed by atoms with van der Waals surface area (Å²) in [6.45, 7) is 2.80. The second-order valence-corrected chi connectivity index (χ2v) is 11.8. The molecule has 3 atom stereocenters. The quantitative estimate of drug-likeness (QED) is 0.177. The summed E-state index contributed by atoms with van der Waals surface area (Å²) in [6, 6.07) is 28.4. The molecule has 46 heavy (non-hydrogen) atoms. The number of aryl methyl sites for hydroxylation is 1. The number of nitrogens with zero attached hydrogens (tertiary/aromatic N) is 1. The molecule has 1 fully saturated rings. The van der Waals surface area contributed by atoms with Crippen LogP contribution in [0, 0.1) is 6.92 Å². The number of likely N-dealkylation sites (tertiary alicyclic amines) is 1. The lowest BCUT2D eigenvalue weighted by atomic mass is 9.99. The van der Waals surface area contributed by atoms with Gasteiger partial charge in [-0.1, -0.05) is 84.4 Å². The Morgan fingerprint density at radius 1 is 0.891 bits per heavy atom. The zero-order valence-electron chi connectivity index (χ0n) is 25.6. The van der Waals surface area contributed by atoms with Crippen LogP contribution in [0.3, 0.4) is 0 Å². The van der Waals surface area contributed by atoms with Gasteiger partial charge in [-0.05, 0) is 67.1 Å². The van der Waals surface area contributed by atoms with Gasteiger partial charge < -0.3 is 20.6 Å². The van der Waals surface area contributed by atoms with Crippen molar-refractivity contribution in [3.05, 3.63) is 142 Å². The smallest absolute Gasteiger partial charge is 0.390 e. The highest BCUT2D eigenvalue weighted by Gasteiger charge is 2.32. The number of aliphatic hydroxyl groups excluding tert-OH is 1. The van der Waals surface area contributed by atoms with E-state index in [1.807, 2.05) is 60.4 Å². The van der Waals surface area contributed by atoms with E-state index in [2.05, 4.69) is 16.7 Å². The molecule has 0 aliphatic carbocycles. The van der Waals surface area contributed by atoms with Crippen LogP contribution in [0.1, 0.15) is 67.4 Å². The van der Waals surface area contributed by atoms with E-state index in [-0.39, 0.29) is 25.0 Å². The molecule has 4 aromatic rings. The Balaban J connectivity index is 1.27. The molecule has 5 rings (SSSR count). The third-order valence-electron chi connectivity index (χ3n) is 8.33. The van der Waals surface area contributed by atoms with E-state index in [9.17, 15) is 27.9 Å². The zero-order chi connectivity index (χ0) is 32.7. The van der Waals surface area contributed by atoms with Crippen LogP contribution < -0.4 is 10.6 Å². The summed E-state index contributed by atoms with van der Waals surface area (Å²) in [5, 5.41) is 17.1. The molecule has 1 aliphatic heterocycles. The van der Waals surface area contributed by atoms with E-state index < -0.39 is 29.8 Å². The van der Waals surface area contributed by atoms with Crippen LogP contribution in [-0.2, 0) is 19.1 Å². The Hall–Kier alpha value is -4.47. The zero-order valence-corrected chi connectivity index (χ0v) is 25.6. The fraction of sp³-hybridized carbons (Fsp3) is 0.297. The largest absolute Gasteiger partial charge is 0.416 e. The Morgan fingerprint density at radius 2 is 1.61 bits per heavy atom. The van der Waals surface area contributed by atoms with Gasteiger partial charge in [-0.15, -0.1) is 0 Å². The van der Waals surface area contributed by atoms with Gasteiger partial charge in [-0.25, -0.2) is 0 Å². The number of halogens is 3. The Bertz CT molecular complexity index is 1640. The van der Waals surface area contributed by atoms with E-state index in [0.717, 1.165) is 41.7 Å². The summed E-state index contributed by atoms with van der Waals surface area (Å²) in [6.07, 6.45) is -3.41. The monoisotopic (exact) mass is 629 g/mol. The van der Waals surface area contributed by atoms with E-state index in [1.165, 1.54) is 6.07 Å². The molecule has 0 saturated carbocycles. The van der Waals surface area contributed by atoms with Crippen molar-refractivity contribution in [3.63, 3.8) is 0 Å². The van der Waals surface area contributed by atoms with Crippen LogP contribution >= 0.6 is 0 Å². The first kappa shape index (κ1) is 32.9. The Labute approximate surface area is 267 Å². The van der Waals surface area contributed by atoms with Gasteiger partial charge >= 0.3 is 6.18 Å². The van der Waals surface area contributed by atoms with Crippen LogP contribution in [0.25, 0.3) is 0 Å². The molecule has 1 heterocycles. The summed E-state index contributed by atoms with van der Waals surface area (Å²) < 4.78 is 39.4. The van der Waals surface area contributed by atoms with Crippen LogP contribution in [0.5, 0.6) is 0 Å². The molecule has 0 radical (unpaired) electrons. The van der Waals surface area contributed by atoms with Gasteiger partial charge in [-0.3, -0.25) is 9.59 Å². The van der Waals surface area contributed by atoms with E-state index in [4.69, 9.17) is 0 Å². The fourth-order valence-electron chi connectivity index (χ4n) is 5.96. The van der Waals surface area contributed by atoms with Gasteiger partial charge in [0.1, 0.15) is 0 Å². The van der Waals surface area contributed by atoms with Gasteiger partial charge in [0, 0.05) is 30.8 Å². The van der Waals surface area contributed by atoms with Crippen molar-refractivity contribution in [1.82, 2.24) is 15.5 Å². The minimum atomic E-state index is -4.44. The van der Waals surface area contributed by atoms with Crippen LogP contribution in [-0.4, -0.2) is 47.1 Å². The predicted octanol–water partition coefficient (Wildman–Crippen LogP) is 6.48. The first-order valence-corrected chi connectivity index (χ1v) is 15.5. The van der Waals surface area contributed by atoms with Gasteiger partial charge in [-0.2, -0.15) is 13.2 Å². The molecule has 4 aromatic carbocycles. The lowest BCUT2D eigenvalue weighted by molar-refractivity contribution is -0.137. The molecule has 2 amide bonds. The van der Waals surface area contributed by atoms with Crippen molar-refractivity contribution in [2.24, 2.45) is 0 Å². The van der Waals surface area contributed by atoms with Crippen molar-refractivity contribution in [2.45, 2.75) is 57.1 Å². The van der Waals surface area contributed by atoms with E-state index in [1.54, 1.807) is 30.3 Å². The molecule has 6 nitrogen and oxygen atoms in total. The van der Waals surface area contributed by atoms with Crippen LogP contribution in [0.15, 0.2) is 103 Å². The molecular formula is C37H38F3N3O3. The second-order valence-electron chi connectivity index (χ2n) is 11.8. The normalized spacial score (nSPS) is 16.2. The number of benzene rings is 4. The SMILES string of the molecule is Cc1cccc(C2CCCN2C(=O)c2cccc(C(=O)N[C@@H](Cc3ccccc3)[C@H](O)CNCc3cccc(C(F)(F)F)c3)c2)c1. The molecule has 240 valence electrons. The topological polar surface area (TPSA) is 81.7 Å². The molecule has 0 bridgehead atoms. The molecule has 1 saturated heterocycles. The number of hydrogen-bond donors (Lipinski definition) is 3. The standard InChI is InChI=1S/C37H38F3N3O3/c1-25-9-5-13-28(19-25)33-17-8-18-43(33)36(46)30-15-7-14-29(22-30)35(45)42-32(21-26-10-3-2-4-11-26)34(44)24-41-23-27-12-6-16-31(20-27)37(38,39)40/h2-7,9-16,19-20,22,32-34,41,44H,8,17-18,21,23-24H2,1H3,(H,42,45)/t32-,33?,34+/m0/s1. The average molecular weight is 630 g/mol. The number of nitrogens with one attached hydrogen (secondary N) is 2. The number of carbonyl (C=O) groups is 2.